The number of hydrogen-bond donors (Lipinski definition) is 2. The molecule has 0 aromatic heterocycles. The maximum absolute atomic E-state index is 13.1. The zero-order valence-corrected chi connectivity index (χ0v) is 15.3. The number of imide groups is 1. The van der Waals surface area contributed by atoms with Gasteiger partial charge < -0.3 is 10.4 Å². The summed E-state index contributed by atoms with van der Waals surface area (Å²) < 4.78 is 0.679. The molecule has 1 aliphatic rings. The van der Waals surface area contributed by atoms with Gasteiger partial charge in [0.2, 0.25) is 0 Å². The third-order valence-electron chi connectivity index (χ3n) is 4.43. The molecular weight excluding hydrogens is 396 g/mol. The summed E-state index contributed by atoms with van der Waals surface area (Å²) in [5, 5.41) is 13.6. The van der Waals surface area contributed by atoms with Crippen LogP contribution in [0.3, 0.4) is 0 Å². The first-order valence-electron chi connectivity index (χ1n) is 8.17. The fourth-order valence-electron chi connectivity index (χ4n) is 3.29. The van der Waals surface area contributed by atoms with Gasteiger partial charge in [-0.25, -0.2) is 4.90 Å². The van der Waals surface area contributed by atoms with Gasteiger partial charge in [0.1, 0.15) is 0 Å². The molecule has 0 fully saturated rings. The average molecular weight is 411 g/mol. The number of aliphatic hydroxyl groups is 1. The van der Waals surface area contributed by atoms with E-state index in [1.807, 2.05) is 18.2 Å². The number of rotatable bonds is 4. The second-order valence-corrected chi connectivity index (χ2v) is 6.79. The molecule has 0 bridgehead atoms. The molecule has 3 aromatic rings. The van der Waals surface area contributed by atoms with Crippen LogP contribution in [0.1, 0.15) is 20.7 Å². The largest absolute Gasteiger partial charge is 0.395 e. The predicted octanol–water partition coefficient (Wildman–Crippen LogP) is 3.81. The Labute approximate surface area is 158 Å². The first-order valence-corrected chi connectivity index (χ1v) is 8.96. The number of benzene rings is 3. The van der Waals surface area contributed by atoms with Crippen LogP contribution in [-0.2, 0) is 0 Å². The standard InChI is InChI=1S/C20H15BrN2O3/c21-15-6-1-2-7-17(15)23-19(25)13-5-3-4-12-16(22-10-11-24)9-8-14(18(12)13)20(23)26/h1-9,22,24H,10-11H2. The van der Waals surface area contributed by atoms with Crippen LogP contribution >= 0.6 is 15.9 Å². The van der Waals surface area contributed by atoms with Gasteiger partial charge in [0.05, 0.1) is 12.3 Å². The molecule has 4 rings (SSSR count). The monoisotopic (exact) mass is 410 g/mol. The normalized spacial score (nSPS) is 13.4. The third kappa shape index (κ3) is 2.50. The summed E-state index contributed by atoms with van der Waals surface area (Å²) in [6.07, 6.45) is 0. The molecule has 0 unspecified atom stereocenters. The molecule has 5 nitrogen and oxygen atoms in total. The van der Waals surface area contributed by atoms with Crippen molar-refractivity contribution in [2.45, 2.75) is 0 Å². The van der Waals surface area contributed by atoms with Crippen molar-refractivity contribution in [3.63, 3.8) is 0 Å². The van der Waals surface area contributed by atoms with Crippen molar-refractivity contribution >= 4 is 49.9 Å². The molecule has 0 atom stereocenters. The Bertz CT molecular complexity index is 1030. The first kappa shape index (κ1) is 16.8. The Morgan fingerprint density at radius 3 is 2.38 bits per heavy atom. The van der Waals surface area contributed by atoms with Crippen molar-refractivity contribution in [3.8, 4) is 0 Å². The lowest BCUT2D eigenvalue weighted by molar-refractivity contribution is 0.0893. The van der Waals surface area contributed by atoms with Crippen LogP contribution in [0, 0.1) is 0 Å². The fourth-order valence-corrected chi connectivity index (χ4v) is 3.75. The van der Waals surface area contributed by atoms with Crippen LogP contribution in [0.25, 0.3) is 10.8 Å². The summed E-state index contributed by atoms with van der Waals surface area (Å²) in [6, 6.07) is 16.1. The van der Waals surface area contributed by atoms with Crippen LogP contribution in [0.5, 0.6) is 0 Å². The Kier molecular flexibility index (Phi) is 4.22. The second-order valence-electron chi connectivity index (χ2n) is 5.94. The number of nitrogens with zero attached hydrogens (tertiary/aromatic N) is 1. The molecule has 1 aliphatic heterocycles. The minimum atomic E-state index is -0.348. The number of anilines is 2. The number of carbonyl (C=O) groups excluding carboxylic acids is 2. The molecule has 2 amide bonds. The zero-order chi connectivity index (χ0) is 18.3. The first-order chi connectivity index (χ1) is 12.6. The highest BCUT2D eigenvalue weighted by atomic mass is 79.9. The smallest absolute Gasteiger partial charge is 0.266 e. The van der Waals surface area contributed by atoms with Crippen LogP contribution in [-0.4, -0.2) is 30.1 Å². The van der Waals surface area contributed by atoms with Crippen LogP contribution in [0.4, 0.5) is 11.4 Å². The molecule has 1 heterocycles. The second kappa shape index (κ2) is 6.55. The summed E-state index contributed by atoms with van der Waals surface area (Å²) in [4.78, 5) is 27.4. The zero-order valence-electron chi connectivity index (χ0n) is 13.7. The van der Waals surface area contributed by atoms with Gasteiger partial charge in [-0.05, 0) is 46.3 Å². The van der Waals surface area contributed by atoms with Crippen molar-refractivity contribution in [2.75, 3.05) is 23.4 Å². The number of halogens is 1. The molecule has 6 heteroatoms. The van der Waals surface area contributed by atoms with Crippen molar-refractivity contribution in [2.24, 2.45) is 0 Å². The van der Waals surface area contributed by atoms with E-state index in [-0.39, 0.29) is 18.4 Å². The molecule has 0 saturated heterocycles. The van der Waals surface area contributed by atoms with Crippen LogP contribution in [0.2, 0.25) is 0 Å². The molecule has 2 N–H and O–H groups in total. The highest BCUT2D eigenvalue weighted by molar-refractivity contribution is 9.10. The van der Waals surface area contributed by atoms with E-state index in [0.717, 1.165) is 11.1 Å². The summed E-state index contributed by atoms with van der Waals surface area (Å²) in [7, 11) is 0. The van der Waals surface area contributed by atoms with E-state index in [1.165, 1.54) is 4.90 Å². The number of hydrogen-bond acceptors (Lipinski definition) is 4. The highest BCUT2D eigenvalue weighted by Gasteiger charge is 2.35. The molecule has 0 saturated carbocycles. The lowest BCUT2D eigenvalue weighted by atomic mass is 9.92. The number of nitrogens with one attached hydrogen (secondary N) is 1. The lowest BCUT2D eigenvalue weighted by Gasteiger charge is -2.28. The van der Waals surface area contributed by atoms with Gasteiger partial charge in [0.15, 0.2) is 0 Å². The Morgan fingerprint density at radius 2 is 1.65 bits per heavy atom. The van der Waals surface area contributed by atoms with Gasteiger partial charge in [-0.2, -0.15) is 0 Å². The van der Waals surface area contributed by atoms with E-state index < -0.39 is 0 Å². The molecule has 0 aliphatic carbocycles. The van der Waals surface area contributed by atoms with E-state index in [0.29, 0.717) is 33.2 Å². The molecule has 130 valence electrons. The third-order valence-corrected chi connectivity index (χ3v) is 5.10. The maximum atomic E-state index is 13.1. The van der Waals surface area contributed by atoms with Gasteiger partial charge >= 0.3 is 0 Å². The van der Waals surface area contributed by atoms with E-state index in [4.69, 9.17) is 5.11 Å². The SMILES string of the molecule is O=C1c2cccc3c(NCCO)ccc(c23)C(=O)N1c1ccccc1Br. The van der Waals surface area contributed by atoms with Crippen molar-refractivity contribution in [3.05, 3.63) is 70.2 Å². The fraction of sp³-hybridized carbons (Fsp3) is 0.100. The highest BCUT2D eigenvalue weighted by Crippen LogP contribution is 2.37. The number of amides is 2. The molecule has 0 spiro atoms. The van der Waals surface area contributed by atoms with E-state index in [1.54, 1.807) is 36.4 Å². The minimum Gasteiger partial charge on any atom is -0.395 e. The number of para-hydroxylation sites is 1. The van der Waals surface area contributed by atoms with Crippen LogP contribution < -0.4 is 10.2 Å². The number of carbonyl (C=O) groups is 2. The summed E-state index contributed by atoms with van der Waals surface area (Å²) in [5.41, 5.74) is 2.28. The topological polar surface area (TPSA) is 69.6 Å². The Morgan fingerprint density at radius 1 is 0.923 bits per heavy atom. The van der Waals surface area contributed by atoms with Gasteiger partial charge in [0, 0.05) is 38.6 Å². The van der Waals surface area contributed by atoms with E-state index >= 15 is 0 Å². The molecule has 26 heavy (non-hydrogen) atoms. The van der Waals surface area contributed by atoms with Crippen LogP contribution in [0.15, 0.2) is 59.1 Å². The predicted molar refractivity (Wildman–Crippen MR) is 105 cm³/mol. The lowest BCUT2D eigenvalue weighted by Crippen LogP contribution is -2.40. The van der Waals surface area contributed by atoms with Gasteiger partial charge in [0.25, 0.3) is 11.8 Å². The Balaban J connectivity index is 1.93. The van der Waals surface area contributed by atoms with Gasteiger partial charge in [-0.1, -0.05) is 24.3 Å². The molecular formula is C20H15BrN2O3. The average Bonchev–Trinajstić information content (AvgIpc) is 2.66. The van der Waals surface area contributed by atoms with Crippen molar-refractivity contribution < 1.29 is 14.7 Å². The minimum absolute atomic E-state index is 0.00336. The Hall–Kier alpha value is -2.70. The molecule has 3 aromatic carbocycles. The maximum Gasteiger partial charge on any atom is 0.266 e. The van der Waals surface area contributed by atoms with Crippen molar-refractivity contribution in [1.82, 2.24) is 0 Å². The van der Waals surface area contributed by atoms with E-state index in [2.05, 4.69) is 21.2 Å². The van der Waals surface area contributed by atoms with Gasteiger partial charge in [-0.3, -0.25) is 9.59 Å². The molecule has 0 radical (unpaired) electrons. The van der Waals surface area contributed by atoms with Gasteiger partial charge in [-0.15, -0.1) is 0 Å². The van der Waals surface area contributed by atoms with E-state index in [9.17, 15) is 9.59 Å². The van der Waals surface area contributed by atoms with Crippen molar-refractivity contribution in [1.29, 1.82) is 0 Å². The quantitative estimate of drug-likeness (QED) is 0.641. The summed E-state index contributed by atoms with van der Waals surface area (Å²) in [5.74, 6) is -0.696. The number of aliphatic hydroxyl groups excluding tert-OH is 1. The summed E-state index contributed by atoms with van der Waals surface area (Å²) in [6.45, 7) is 0.389. The summed E-state index contributed by atoms with van der Waals surface area (Å²) >= 11 is 3.42.